The van der Waals surface area contributed by atoms with Gasteiger partial charge in [-0.25, -0.2) is 0 Å². The van der Waals surface area contributed by atoms with E-state index < -0.39 is 0 Å². The number of amides is 1. The van der Waals surface area contributed by atoms with E-state index in [-0.39, 0.29) is 11.9 Å². The van der Waals surface area contributed by atoms with Gasteiger partial charge in [-0.1, -0.05) is 22.0 Å². The summed E-state index contributed by atoms with van der Waals surface area (Å²) in [5.41, 5.74) is 0. The molecule has 1 unspecified atom stereocenters. The maximum absolute atomic E-state index is 11.7. The van der Waals surface area contributed by atoms with Crippen molar-refractivity contribution in [3.8, 4) is 5.75 Å². The van der Waals surface area contributed by atoms with E-state index >= 15 is 0 Å². The molecular formula is C12H15BrN2O2S. The summed E-state index contributed by atoms with van der Waals surface area (Å²) in [4.78, 5) is 11.7. The minimum absolute atomic E-state index is 0.0536. The Morgan fingerprint density at radius 3 is 3.22 bits per heavy atom. The van der Waals surface area contributed by atoms with Crippen molar-refractivity contribution in [2.75, 3.05) is 24.8 Å². The highest BCUT2D eigenvalue weighted by Gasteiger charge is 2.21. The van der Waals surface area contributed by atoms with Crippen molar-refractivity contribution in [2.24, 2.45) is 0 Å². The van der Waals surface area contributed by atoms with E-state index in [4.69, 9.17) is 4.74 Å². The molecule has 1 amide bonds. The van der Waals surface area contributed by atoms with E-state index in [1.54, 1.807) is 11.8 Å². The number of ether oxygens (including phenoxy) is 1. The number of carbonyl (C=O) groups excluding carboxylic acids is 1. The molecule has 1 fully saturated rings. The zero-order chi connectivity index (χ0) is 12.8. The van der Waals surface area contributed by atoms with Gasteiger partial charge in [-0.05, 0) is 18.2 Å². The molecule has 1 saturated heterocycles. The number of hydrogen-bond donors (Lipinski definition) is 2. The lowest BCUT2D eigenvalue weighted by atomic mass is 10.3. The van der Waals surface area contributed by atoms with E-state index in [0.29, 0.717) is 13.2 Å². The Labute approximate surface area is 119 Å². The average Bonchev–Trinajstić information content (AvgIpc) is 2.88. The van der Waals surface area contributed by atoms with Gasteiger partial charge in [-0.3, -0.25) is 10.1 Å². The van der Waals surface area contributed by atoms with Crippen LogP contribution in [0.5, 0.6) is 5.75 Å². The van der Waals surface area contributed by atoms with Crippen molar-refractivity contribution in [1.29, 1.82) is 0 Å². The van der Waals surface area contributed by atoms with Crippen LogP contribution in [0, 0.1) is 0 Å². The summed E-state index contributed by atoms with van der Waals surface area (Å²) >= 11 is 5.12. The Morgan fingerprint density at radius 2 is 2.50 bits per heavy atom. The number of benzene rings is 1. The van der Waals surface area contributed by atoms with Crippen LogP contribution in [0.15, 0.2) is 28.7 Å². The van der Waals surface area contributed by atoms with E-state index in [0.717, 1.165) is 21.9 Å². The van der Waals surface area contributed by atoms with Crippen molar-refractivity contribution in [1.82, 2.24) is 10.6 Å². The van der Waals surface area contributed by atoms with E-state index in [1.165, 1.54) is 0 Å². The molecule has 18 heavy (non-hydrogen) atoms. The smallest absolute Gasteiger partial charge is 0.238 e. The third kappa shape index (κ3) is 4.19. The molecule has 1 aliphatic rings. The van der Waals surface area contributed by atoms with Gasteiger partial charge in [0.15, 0.2) is 0 Å². The summed E-state index contributed by atoms with van der Waals surface area (Å²) in [6.07, 6.45) is 0. The van der Waals surface area contributed by atoms with Gasteiger partial charge in [0.2, 0.25) is 5.91 Å². The van der Waals surface area contributed by atoms with E-state index in [9.17, 15) is 4.79 Å². The number of carbonyl (C=O) groups is 1. The van der Waals surface area contributed by atoms with Gasteiger partial charge in [0.05, 0.1) is 12.6 Å². The van der Waals surface area contributed by atoms with Gasteiger partial charge >= 0.3 is 0 Å². The maximum Gasteiger partial charge on any atom is 0.238 e. The molecule has 1 atom stereocenters. The fourth-order valence-electron chi connectivity index (χ4n) is 1.59. The predicted molar refractivity (Wildman–Crippen MR) is 76.9 cm³/mol. The second kappa shape index (κ2) is 7.01. The average molecular weight is 331 g/mol. The number of thioether (sulfide) groups is 1. The number of rotatable bonds is 5. The highest BCUT2D eigenvalue weighted by molar-refractivity contribution is 9.10. The maximum atomic E-state index is 11.7. The molecule has 0 radical (unpaired) electrons. The predicted octanol–water partition coefficient (Wildman–Crippen LogP) is 1.61. The lowest BCUT2D eigenvalue weighted by Gasteiger charge is -2.11. The highest BCUT2D eigenvalue weighted by atomic mass is 79.9. The third-order valence-corrected chi connectivity index (χ3v) is 3.93. The molecule has 2 rings (SSSR count). The van der Waals surface area contributed by atoms with Crippen LogP contribution >= 0.6 is 27.7 Å². The van der Waals surface area contributed by atoms with Crippen LogP contribution in [-0.4, -0.2) is 36.7 Å². The van der Waals surface area contributed by atoms with Crippen LogP contribution in [0.1, 0.15) is 0 Å². The van der Waals surface area contributed by atoms with Gasteiger partial charge in [-0.15, -0.1) is 11.8 Å². The van der Waals surface area contributed by atoms with Gasteiger partial charge in [-0.2, -0.15) is 0 Å². The lowest BCUT2D eigenvalue weighted by Crippen LogP contribution is -2.43. The van der Waals surface area contributed by atoms with Gasteiger partial charge in [0.1, 0.15) is 12.4 Å². The van der Waals surface area contributed by atoms with Crippen molar-refractivity contribution < 1.29 is 9.53 Å². The SMILES string of the molecule is O=C(NCCOc1cccc(Br)c1)C1CSCN1. The van der Waals surface area contributed by atoms with E-state index in [2.05, 4.69) is 26.6 Å². The van der Waals surface area contributed by atoms with Crippen molar-refractivity contribution in [2.45, 2.75) is 6.04 Å². The molecule has 6 heteroatoms. The zero-order valence-corrected chi connectivity index (χ0v) is 12.2. The Morgan fingerprint density at radius 1 is 1.61 bits per heavy atom. The minimum Gasteiger partial charge on any atom is -0.492 e. The normalized spacial score (nSPS) is 18.6. The van der Waals surface area contributed by atoms with Crippen molar-refractivity contribution in [3.63, 3.8) is 0 Å². The largest absolute Gasteiger partial charge is 0.492 e. The van der Waals surface area contributed by atoms with Crippen LogP contribution in [-0.2, 0) is 4.79 Å². The first kappa shape index (κ1) is 13.7. The van der Waals surface area contributed by atoms with Gasteiger partial charge in [0, 0.05) is 16.1 Å². The lowest BCUT2D eigenvalue weighted by molar-refractivity contribution is -0.122. The summed E-state index contributed by atoms with van der Waals surface area (Å²) in [5.74, 6) is 2.55. The summed E-state index contributed by atoms with van der Waals surface area (Å²) in [6.45, 7) is 0.996. The fraction of sp³-hybridized carbons (Fsp3) is 0.417. The molecule has 0 saturated carbocycles. The molecule has 98 valence electrons. The quantitative estimate of drug-likeness (QED) is 0.805. The zero-order valence-electron chi connectivity index (χ0n) is 9.82. The molecule has 0 bridgehead atoms. The Kier molecular flexibility index (Phi) is 5.34. The Bertz CT molecular complexity index is 411. The van der Waals surface area contributed by atoms with Crippen LogP contribution in [0.4, 0.5) is 0 Å². The second-order valence-electron chi connectivity index (χ2n) is 3.87. The highest BCUT2D eigenvalue weighted by Crippen LogP contribution is 2.17. The van der Waals surface area contributed by atoms with Crippen molar-refractivity contribution >= 4 is 33.6 Å². The molecule has 0 aromatic heterocycles. The Hall–Kier alpha value is -0.720. The molecule has 1 aliphatic heterocycles. The summed E-state index contributed by atoms with van der Waals surface area (Å²) in [7, 11) is 0. The second-order valence-corrected chi connectivity index (χ2v) is 5.81. The standard InChI is InChI=1S/C12H15BrN2O2S/c13-9-2-1-3-10(6-9)17-5-4-14-12(16)11-7-18-8-15-11/h1-3,6,11,15H,4-5,7-8H2,(H,14,16). The first-order valence-electron chi connectivity index (χ1n) is 5.73. The first-order valence-corrected chi connectivity index (χ1v) is 7.68. The van der Waals surface area contributed by atoms with Crippen LogP contribution in [0.3, 0.4) is 0 Å². The third-order valence-electron chi connectivity index (χ3n) is 2.50. The van der Waals surface area contributed by atoms with Crippen LogP contribution < -0.4 is 15.4 Å². The molecular weight excluding hydrogens is 316 g/mol. The minimum atomic E-state index is -0.0548. The number of hydrogen-bond acceptors (Lipinski definition) is 4. The number of nitrogens with one attached hydrogen (secondary N) is 2. The summed E-state index contributed by atoms with van der Waals surface area (Å²) in [6, 6.07) is 7.59. The topological polar surface area (TPSA) is 50.4 Å². The van der Waals surface area contributed by atoms with Crippen LogP contribution in [0.2, 0.25) is 0 Å². The molecule has 0 aliphatic carbocycles. The Balaban J connectivity index is 1.65. The summed E-state index contributed by atoms with van der Waals surface area (Å²) < 4.78 is 6.51. The van der Waals surface area contributed by atoms with Crippen molar-refractivity contribution in [3.05, 3.63) is 28.7 Å². The van der Waals surface area contributed by atoms with Gasteiger partial charge < -0.3 is 10.1 Å². The molecule has 1 aromatic rings. The molecule has 1 heterocycles. The molecule has 4 nitrogen and oxygen atoms in total. The number of halogens is 1. The molecule has 1 aromatic carbocycles. The summed E-state index contributed by atoms with van der Waals surface area (Å²) in [5, 5.41) is 5.98. The van der Waals surface area contributed by atoms with E-state index in [1.807, 2.05) is 24.3 Å². The van der Waals surface area contributed by atoms with Gasteiger partial charge in [0.25, 0.3) is 0 Å². The molecule has 2 N–H and O–H groups in total. The fourth-order valence-corrected chi connectivity index (χ4v) is 2.91. The molecule has 0 spiro atoms. The first-order chi connectivity index (χ1) is 8.75. The van der Waals surface area contributed by atoms with Crippen LogP contribution in [0.25, 0.3) is 0 Å². The monoisotopic (exact) mass is 330 g/mol.